The van der Waals surface area contributed by atoms with E-state index in [9.17, 15) is 4.79 Å². The van der Waals surface area contributed by atoms with Crippen LogP contribution in [0.4, 0.5) is 5.69 Å². The Morgan fingerprint density at radius 3 is 2.52 bits per heavy atom. The number of nitrogens with zero attached hydrogens (tertiary/aromatic N) is 1. The van der Waals surface area contributed by atoms with Crippen LogP contribution in [0.5, 0.6) is 0 Å². The Bertz CT molecular complexity index is 1370. The summed E-state index contributed by atoms with van der Waals surface area (Å²) in [6.45, 7) is 7.91. The molecule has 0 amide bonds. The van der Waals surface area contributed by atoms with Gasteiger partial charge in [-0.2, -0.15) is 0 Å². The van der Waals surface area contributed by atoms with Crippen LogP contribution >= 0.6 is 11.6 Å². The number of nitrogens with one attached hydrogen (secondary N) is 2. The summed E-state index contributed by atoms with van der Waals surface area (Å²) >= 11 is 5.92. The second-order valence-corrected chi connectivity index (χ2v) is 9.22. The van der Waals surface area contributed by atoms with Crippen molar-refractivity contribution in [2.75, 3.05) is 18.4 Å². The van der Waals surface area contributed by atoms with E-state index in [2.05, 4.69) is 45.9 Å². The Kier molecular flexibility index (Phi) is 5.69. The summed E-state index contributed by atoms with van der Waals surface area (Å²) < 4.78 is 6.48. The molecule has 1 aliphatic rings. The quantitative estimate of drug-likeness (QED) is 0.359. The molecule has 1 saturated heterocycles. The first kappa shape index (κ1) is 21.7. The van der Waals surface area contributed by atoms with E-state index in [1.54, 1.807) is 12.3 Å². The number of aryl methyl sites for hydroxylation is 1. The van der Waals surface area contributed by atoms with Crippen LogP contribution in [0.25, 0.3) is 22.3 Å². The van der Waals surface area contributed by atoms with Crippen LogP contribution in [0.2, 0.25) is 5.15 Å². The van der Waals surface area contributed by atoms with Crippen molar-refractivity contribution in [1.82, 2.24) is 10.3 Å². The van der Waals surface area contributed by atoms with E-state index in [1.165, 1.54) is 5.56 Å². The molecule has 6 heteroatoms. The largest absolute Gasteiger partial charge is 0.455 e. The van der Waals surface area contributed by atoms with Crippen LogP contribution in [0.3, 0.4) is 0 Å². The SMILES string of the molecule is Cc1cc([C@@H](C)Nc2ccc(Cl)nc2)c2oc(-c3ccc(C4CNC4)cc3)c(C)c(=O)c2c1. The molecular formula is C27H26ClN3O2. The summed E-state index contributed by atoms with van der Waals surface area (Å²) in [6.07, 6.45) is 1.70. The van der Waals surface area contributed by atoms with E-state index < -0.39 is 0 Å². The smallest absolute Gasteiger partial charge is 0.196 e. The normalized spacial score (nSPS) is 14.8. The van der Waals surface area contributed by atoms with Gasteiger partial charge in [0.2, 0.25) is 0 Å². The average Bonchev–Trinajstić information content (AvgIpc) is 2.77. The molecule has 0 bridgehead atoms. The van der Waals surface area contributed by atoms with Crippen LogP contribution < -0.4 is 16.1 Å². The summed E-state index contributed by atoms with van der Waals surface area (Å²) in [5, 5.41) is 7.80. The van der Waals surface area contributed by atoms with Gasteiger partial charge in [-0.05, 0) is 50.1 Å². The van der Waals surface area contributed by atoms with Crippen LogP contribution in [0.15, 0.2) is 63.9 Å². The van der Waals surface area contributed by atoms with Crippen LogP contribution in [-0.4, -0.2) is 18.1 Å². The highest BCUT2D eigenvalue weighted by atomic mass is 35.5. The maximum atomic E-state index is 13.4. The first-order valence-electron chi connectivity index (χ1n) is 11.2. The number of hydrogen-bond acceptors (Lipinski definition) is 5. The monoisotopic (exact) mass is 459 g/mol. The number of aromatic nitrogens is 1. The molecule has 0 spiro atoms. The Morgan fingerprint density at radius 2 is 1.88 bits per heavy atom. The molecule has 1 aliphatic heterocycles. The molecule has 0 saturated carbocycles. The van der Waals surface area contributed by atoms with Crippen molar-refractivity contribution in [2.45, 2.75) is 32.7 Å². The zero-order valence-electron chi connectivity index (χ0n) is 18.9. The number of anilines is 1. The van der Waals surface area contributed by atoms with E-state index in [0.717, 1.165) is 35.5 Å². The van der Waals surface area contributed by atoms with Gasteiger partial charge in [0, 0.05) is 35.7 Å². The van der Waals surface area contributed by atoms with Crippen LogP contribution in [-0.2, 0) is 0 Å². The number of fused-ring (bicyclic) bond motifs is 1. The first-order valence-corrected chi connectivity index (χ1v) is 11.6. The van der Waals surface area contributed by atoms with Crippen LogP contribution in [0.1, 0.15) is 41.1 Å². The van der Waals surface area contributed by atoms with Gasteiger partial charge >= 0.3 is 0 Å². The van der Waals surface area contributed by atoms with Gasteiger partial charge in [-0.3, -0.25) is 4.79 Å². The molecule has 4 aromatic rings. The molecule has 0 aliphatic carbocycles. The Hall–Kier alpha value is -3.15. The highest BCUT2D eigenvalue weighted by Crippen LogP contribution is 2.33. The van der Waals surface area contributed by atoms with Gasteiger partial charge in [-0.15, -0.1) is 0 Å². The van der Waals surface area contributed by atoms with Gasteiger partial charge in [0.05, 0.1) is 23.3 Å². The fourth-order valence-electron chi connectivity index (χ4n) is 4.38. The lowest BCUT2D eigenvalue weighted by molar-refractivity contribution is 0.448. The molecule has 0 unspecified atom stereocenters. The Labute approximate surface area is 197 Å². The summed E-state index contributed by atoms with van der Waals surface area (Å²) in [6, 6.07) is 15.9. The standard InChI is InChI=1S/C27H26ClN3O2/c1-15-10-22(17(3)31-21-8-9-24(28)30-14-21)27-23(11-15)25(32)16(2)26(33-27)19-6-4-18(5-7-19)20-12-29-13-20/h4-11,14,17,20,29,31H,12-13H2,1-3H3/t17-/m1/s1. The summed E-state index contributed by atoms with van der Waals surface area (Å²) in [5.74, 6) is 1.18. The predicted molar refractivity (Wildman–Crippen MR) is 134 cm³/mol. The second kappa shape index (κ2) is 8.65. The number of hydrogen-bond donors (Lipinski definition) is 2. The minimum Gasteiger partial charge on any atom is -0.455 e. The molecule has 5 nitrogen and oxygen atoms in total. The van der Waals surface area contributed by atoms with Crippen molar-refractivity contribution in [3.8, 4) is 11.3 Å². The Morgan fingerprint density at radius 1 is 1.12 bits per heavy atom. The van der Waals surface area contributed by atoms with Gasteiger partial charge in [0.25, 0.3) is 0 Å². The van der Waals surface area contributed by atoms with E-state index >= 15 is 0 Å². The summed E-state index contributed by atoms with van der Waals surface area (Å²) in [7, 11) is 0. The number of pyridine rings is 1. The maximum absolute atomic E-state index is 13.4. The predicted octanol–water partition coefficient (Wildman–Crippen LogP) is 5.99. The molecule has 1 fully saturated rings. The highest BCUT2D eigenvalue weighted by molar-refractivity contribution is 6.29. The molecule has 3 heterocycles. The van der Waals surface area contributed by atoms with E-state index in [1.807, 2.05) is 32.9 Å². The zero-order valence-corrected chi connectivity index (χ0v) is 19.7. The van der Waals surface area contributed by atoms with Crippen molar-refractivity contribution in [3.63, 3.8) is 0 Å². The van der Waals surface area contributed by atoms with Crippen molar-refractivity contribution < 1.29 is 4.42 Å². The van der Waals surface area contributed by atoms with Gasteiger partial charge < -0.3 is 15.1 Å². The van der Waals surface area contributed by atoms with Gasteiger partial charge in [0.15, 0.2) is 5.43 Å². The van der Waals surface area contributed by atoms with Crippen molar-refractivity contribution in [3.05, 3.63) is 92.4 Å². The molecule has 2 aromatic carbocycles. The third-order valence-electron chi connectivity index (χ3n) is 6.39. The van der Waals surface area contributed by atoms with Crippen LogP contribution in [0, 0.1) is 13.8 Å². The van der Waals surface area contributed by atoms with Gasteiger partial charge in [-0.25, -0.2) is 4.98 Å². The fraction of sp³-hybridized carbons (Fsp3) is 0.259. The molecule has 33 heavy (non-hydrogen) atoms. The first-order chi connectivity index (χ1) is 15.9. The lowest BCUT2D eigenvalue weighted by Gasteiger charge is -2.27. The molecule has 1 atom stereocenters. The van der Waals surface area contributed by atoms with Gasteiger partial charge in [0.1, 0.15) is 16.5 Å². The molecular weight excluding hydrogens is 434 g/mol. The number of benzene rings is 2. The highest BCUT2D eigenvalue weighted by Gasteiger charge is 2.21. The lowest BCUT2D eigenvalue weighted by atomic mass is 9.92. The van der Waals surface area contributed by atoms with Gasteiger partial charge in [-0.1, -0.05) is 41.9 Å². The third-order valence-corrected chi connectivity index (χ3v) is 6.62. The number of rotatable bonds is 5. The molecule has 2 N–H and O–H groups in total. The third kappa shape index (κ3) is 4.14. The molecule has 168 valence electrons. The van der Waals surface area contributed by atoms with E-state index in [4.69, 9.17) is 16.0 Å². The fourth-order valence-corrected chi connectivity index (χ4v) is 4.50. The molecule has 5 rings (SSSR count). The second-order valence-electron chi connectivity index (χ2n) is 8.83. The van der Waals surface area contributed by atoms with Crippen molar-refractivity contribution in [2.24, 2.45) is 0 Å². The van der Waals surface area contributed by atoms with Crippen molar-refractivity contribution in [1.29, 1.82) is 0 Å². The molecule has 0 radical (unpaired) electrons. The zero-order chi connectivity index (χ0) is 23.1. The Balaban J connectivity index is 1.59. The summed E-state index contributed by atoms with van der Waals surface area (Å²) in [5.41, 5.74) is 6.25. The summed E-state index contributed by atoms with van der Waals surface area (Å²) in [4.78, 5) is 17.5. The minimum absolute atomic E-state index is 0.00355. The minimum atomic E-state index is -0.109. The maximum Gasteiger partial charge on any atom is 0.196 e. The lowest BCUT2D eigenvalue weighted by Crippen LogP contribution is -2.39. The van der Waals surface area contributed by atoms with Crippen molar-refractivity contribution >= 4 is 28.3 Å². The van der Waals surface area contributed by atoms with E-state index in [-0.39, 0.29) is 11.5 Å². The molecule has 2 aromatic heterocycles. The number of halogens is 1. The van der Waals surface area contributed by atoms with E-state index in [0.29, 0.717) is 33.4 Å². The average molecular weight is 460 g/mol. The topological polar surface area (TPSA) is 67.2 Å².